The van der Waals surface area contributed by atoms with Crippen LogP contribution in [-0.2, 0) is 11.3 Å². The van der Waals surface area contributed by atoms with E-state index in [1.807, 2.05) is 18.2 Å². The second kappa shape index (κ2) is 8.24. The molecule has 1 aliphatic rings. The molecule has 0 amide bonds. The van der Waals surface area contributed by atoms with Crippen molar-refractivity contribution < 1.29 is 9.47 Å². The van der Waals surface area contributed by atoms with E-state index >= 15 is 0 Å². The molecular weight excluding hydrogens is 334 g/mol. The second-order valence-corrected chi connectivity index (χ2v) is 5.76. The van der Waals surface area contributed by atoms with Crippen LogP contribution in [0.3, 0.4) is 0 Å². The van der Waals surface area contributed by atoms with E-state index in [-0.39, 0.29) is 0 Å². The van der Waals surface area contributed by atoms with Gasteiger partial charge in [-0.15, -0.1) is 0 Å². The Bertz CT molecular complexity index is 488. The molecule has 0 spiro atoms. The molecule has 0 radical (unpaired) electrons. The Hall–Kier alpha value is -1.27. The number of methoxy groups -OCH3 is 1. The minimum atomic E-state index is 0.304. The highest BCUT2D eigenvalue weighted by Crippen LogP contribution is 2.25. The number of guanidine groups is 1. The predicted molar refractivity (Wildman–Crippen MR) is 87.9 cm³/mol. The molecule has 5 nitrogen and oxygen atoms in total. The van der Waals surface area contributed by atoms with Crippen LogP contribution in [0, 0.1) is 0 Å². The van der Waals surface area contributed by atoms with Crippen molar-refractivity contribution in [2.75, 3.05) is 27.3 Å². The number of rotatable bonds is 5. The Balaban J connectivity index is 1.80. The number of benzene rings is 1. The fourth-order valence-electron chi connectivity index (χ4n) is 2.24. The monoisotopic (exact) mass is 355 g/mol. The summed E-state index contributed by atoms with van der Waals surface area (Å²) in [6, 6.07) is 6.02. The number of halogens is 1. The molecule has 0 bridgehead atoms. The van der Waals surface area contributed by atoms with Crippen LogP contribution in [0.1, 0.15) is 18.4 Å². The summed E-state index contributed by atoms with van der Waals surface area (Å²) in [6.45, 7) is 2.37. The van der Waals surface area contributed by atoms with Crippen molar-refractivity contribution in [3.05, 3.63) is 28.2 Å². The molecule has 1 unspecified atom stereocenters. The van der Waals surface area contributed by atoms with Crippen molar-refractivity contribution >= 4 is 21.9 Å². The normalized spacial score (nSPS) is 18.6. The van der Waals surface area contributed by atoms with Gasteiger partial charge in [0, 0.05) is 26.7 Å². The first-order valence-corrected chi connectivity index (χ1v) is 7.90. The molecular formula is C15H22BrN3O2. The third-order valence-corrected chi connectivity index (χ3v) is 4.04. The number of hydrogen-bond donors (Lipinski definition) is 2. The Morgan fingerprint density at radius 1 is 1.48 bits per heavy atom. The quantitative estimate of drug-likeness (QED) is 0.628. The van der Waals surface area contributed by atoms with Gasteiger partial charge in [0.25, 0.3) is 0 Å². The van der Waals surface area contributed by atoms with E-state index < -0.39 is 0 Å². The molecule has 0 aromatic heterocycles. The third kappa shape index (κ3) is 4.89. The van der Waals surface area contributed by atoms with E-state index in [1.54, 1.807) is 14.2 Å². The van der Waals surface area contributed by atoms with Crippen molar-refractivity contribution in [2.45, 2.75) is 25.5 Å². The van der Waals surface area contributed by atoms with Gasteiger partial charge in [-0.05, 0) is 46.5 Å². The Morgan fingerprint density at radius 3 is 2.95 bits per heavy atom. The van der Waals surface area contributed by atoms with Gasteiger partial charge in [-0.2, -0.15) is 0 Å². The van der Waals surface area contributed by atoms with Crippen LogP contribution < -0.4 is 15.4 Å². The van der Waals surface area contributed by atoms with Crippen LogP contribution in [0.25, 0.3) is 0 Å². The zero-order valence-corrected chi connectivity index (χ0v) is 14.1. The molecule has 1 aromatic rings. The van der Waals surface area contributed by atoms with Crippen LogP contribution >= 0.6 is 15.9 Å². The van der Waals surface area contributed by atoms with Gasteiger partial charge in [0.2, 0.25) is 0 Å². The first kappa shape index (κ1) is 16.1. The number of nitrogens with one attached hydrogen (secondary N) is 2. The molecule has 21 heavy (non-hydrogen) atoms. The van der Waals surface area contributed by atoms with E-state index in [4.69, 9.17) is 9.47 Å². The maximum atomic E-state index is 5.59. The van der Waals surface area contributed by atoms with Crippen LogP contribution in [-0.4, -0.2) is 39.4 Å². The number of ether oxygens (including phenoxy) is 2. The van der Waals surface area contributed by atoms with E-state index in [1.165, 1.54) is 0 Å². The lowest BCUT2D eigenvalue weighted by Crippen LogP contribution is -2.40. The van der Waals surface area contributed by atoms with E-state index in [0.29, 0.717) is 12.6 Å². The maximum Gasteiger partial charge on any atom is 0.191 e. The molecule has 1 aliphatic heterocycles. The number of hydrogen-bond acceptors (Lipinski definition) is 3. The highest BCUT2D eigenvalue weighted by molar-refractivity contribution is 9.10. The van der Waals surface area contributed by atoms with Crippen molar-refractivity contribution in [1.29, 1.82) is 0 Å². The maximum absolute atomic E-state index is 5.59. The largest absolute Gasteiger partial charge is 0.496 e. The summed E-state index contributed by atoms with van der Waals surface area (Å²) in [5, 5.41) is 6.59. The minimum Gasteiger partial charge on any atom is -0.496 e. The lowest BCUT2D eigenvalue weighted by atomic mass is 10.2. The molecule has 0 aliphatic carbocycles. The highest BCUT2D eigenvalue weighted by atomic mass is 79.9. The Morgan fingerprint density at radius 2 is 2.33 bits per heavy atom. The highest BCUT2D eigenvalue weighted by Gasteiger charge is 2.15. The fourth-order valence-corrected chi connectivity index (χ4v) is 2.83. The predicted octanol–water partition coefficient (Wildman–Crippen LogP) is 2.30. The first-order valence-electron chi connectivity index (χ1n) is 7.11. The zero-order valence-electron chi connectivity index (χ0n) is 12.5. The van der Waals surface area contributed by atoms with E-state index in [2.05, 4.69) is 31.6 Å². The van der Waals surface area contributed by atoms with Gasteiger partial charge >= 0.3 is 0 Å². The summed E-state index contributed by atoms with van der Waals surface area (Å²) in [5.74, 6) is 1.62. The molecule has 0 saturated carbocycles. The number of aliphatic imine (C=N–C) groups is 1. The third-order valence-electron chi connectivity index (χ3n) is 3.42. The molecule has 1 fully saturated rings. The van der Waals surface area contributed by atoms with Crippen LogP contribution in [0.15, 0.2) is 27.7 Å². The van der Waals surface area contributed by atoms with E-state index in [9.17, 15) is 0 Å². The average molecular weight is 356 g/mol. The topological polar surface area (TPSA) is 54.9 Å². The SMILES string of the molecule is CN=C(NCc1ccc(OC)c(Br)c1)NCC1CCCO1. The van der Waals surface area contributed by atoms with Crippen molar-refractivity contribution in [2.24, 2.45) is 4.99 Å². The fraction of sp³-hybridized carbons (Fsp3) is 0.533. The summed E-state index contributed by atoms with van der Waals surface area (Å²) < 4.78 is 11.8. The van der Waals surface area contributed by atoms with Gasteiger partial charge in [0.1, 0.15) is 5.75 Å². The molecule has 116 valence electrons. The van der Waals surface area contributed by atoms with Gasteiger partial charge in [-0.25, -0.2) is 0 Å². The lowest BCUT2D eigenvalue weighted by Gasteiger charge is -2.15. The van der Waals surface area contributed by atoms with Gasteiger partial charge in [-0.1, -0.05) is 6.07 Å². The first-order chi connectivity index (χ1) is 10.2. The van der Waals surface area contributed by atoms with Crippen LogP contribution in [0.5, 0.6) is 5.75 Å². The summed E-state index contributed by atoms with van der Waals surface area (Å²) in [6.07, 6.45) is 2.58. The Kier molecular flexibility index (Phi) is 6.32. The van der Waals surface area contributed by atoms with E-state index in [0.717, 1.165) is 47.7 Å². The van der Waals surface area contributed by atoms with Crippen LogP contribution in [0.4, 0.5) is 0 Å². The lowest BCUT2D eigenvalue weighted by molar-refractivity contribution is 0.114. The molecule has 1 atom stereocenters. The minimum absolute atomic E-state index is 0.304. The summed E-state index contributed by atoms with van der Waals surface area (Å²) in [7, 11) is 3.43. The summed E-state index contributed by atoms with van der Waals surface area (Å²) >= 11 is 3.49. The van der Waals surface area contributed by atoms with Crippen molar-refractivity contribution in [3.63, 3.8) is 0 Å². The van der Waals surface area contributed by atoms with Crippen LogP contribution in [0.2, 0.25) is 0 Å². The number of nitrogens with zero attached hydrogens (tertiary/aromatic N) is 1. The summed E-state index contributed by atoms with van der Waals surface area (Å²) in [4.78, 5) is 4.22. The van der Waals surface area contributed by atoms with Crippen molar-refractivity contribution in [1.82, 2.24) is 10.6 Å². The molecule has 2 N–H and O–H groups in total. The molecule has 1 heterocycles. The molecule has 1 aromatic carbocycles. The van der Waals surface area contributed by atoms with Gasteiger partial charge in [-0.3, -0.25) is 4.99 Å². The smallest absolute Gasteiger partial charge is 0.191 e. The second-order valence-electron chi connectivity index (χ2n) is 4.91. The molecule has 6 heteroatoms. The average Bonchev–Trinajstić information content (AvgIpc) is 3.01. The van der Waals surface area contributed by atoms with Gasteiger partial charge in [0.15, 0.2) is 5.96 Å². The summed E-state index contributed by atoms with van der Waals surface area (Å²) in [5.41, 5.74) is 1.16. The Labute approximate surface area is 134 Å². The molecule has 2 rings (SSSR count). The van der Waals surface area contributed by atoms with Gasteiger partial charge < -0.3 is 20.1 Å². The van der Waals surface area contributed by atoms with Crippen molar-refractivity contribution in [3.8, 4) is 5.75 Å². The van der Waals surface area contributed by atoms with Gasteiger partial charge in [0.05, 0.1) is 17.7 Å². The molecule has 1 saturated heterocycles. The standard InChI is InChI=1S/C15H22BrN3O2/c1-17-15(19-10-12-4-3-7-21-12)18-9-11-5-6-14(20-2)13(16)8-11/h5-6,8,12H,3-4,7,9-10H2,1-2H3,(H2,17,18,19). The zero-order chi connectivity index (χ0) is 15.1.